The van der Waals surface area contributed by atoms with E-state index in [1.807, 2.05) is 6.07 Å². The highest BCUT2D eigenvalue weighted by atomic mass is 35.5. The number of hydrogen-bond acceptors (Lipinski definition) is 3. The number of sulfonamides is 1. The van der Waals surface area contributed by atoms with Crippen LogP contribution in [-0.2, 0) is 10.0 Å². The second kappa shape index (κ2) is 5.39. The van der Waals surface area contributed by atoms with Gasteiger partial charge in [-0.1, -0.05) is 11.6 Å². The zero-order valence-electron chi connectivity index (χ0n) is 8.07. The number of nitrogens with one attached hydrogen (secondary N) is 1. The average Bonchev–Trinajstić information content (AvgIpc) is 2.21. The van der Waals surface area contributed by atoms with Gasteiger partial charge < -0.3 is 0 Å². The number of rotatable bonds is 4. The molecule has 0 fully saturated rings. The molecule has 0 saturated heterocycles. The number of benzene rings is 1. The summed E-state index contributed by atoms with van der Waals surface area (Å²) >= 11 is 11.1. The van der Waals surface area contributed by atoms with Gasteiger partial charge in [0.25, 0.3) is 0 Å². The number of anilines is 1. The number of nitrogens with zero attached hydrogens (tertiary/aromatic N) is 1. The van der Waals surface area contributed by atoms with Gasteiger partial charge in [-0.3, -0.25) is 4.72 Å². The maximum absolute atomic E-state index is 11.4. The van der Waals surface area contributed by atoms with Gasteiger partial charge in [-0.15, -0.1) is 11.6 Å². The minimum Gasteiger partial charge on any atom is -0.282 e. The van der Waals surface area contributed by atoms with Crippen molar-refractivity contribution >= 4 is 38.9 Å². The molecule has 1 rings (SSSR count). The number of hydrogen-bond donors (Lipinski definition) is 1. The Morgan fingerprint density at radius 1 is 1.44 bits per heavy atom. The molecule has 0 aliphatic rings. The molecular weight excluding hydrogens is 271 g/mol. The highest BCUT2D eigenvalue weighted by molar-refractivity contribution is 7.92. The third-order valence-corrected chi connectivity index (χ3v) is 3.72. The largest absolute Gasteiger partial charge is 0.282 e. The quantitative estimate of drug-likeness (QED) is 0.859. The summed E-state index contributed by atoms with van der Waals surface area (Å²) < 4.78 is 25.1. The highest BCUT2D eigenvalue weighted by Gasteiger charge is 2.12. The smallest absolute Gasteiger partial charge is 0.233 e. The molecule has 0 spiro atoms. The first-order valence-electron chi connectivity index (χ1n) is 4.24. The lowest BCUT2D eigenvalue weighted by atomic mass is 10.2. The Balaban J connectivity index is 3.02. The Hall–Kier alpha value is -0.960. The molecule has 86 valence electrons. The van der Waals surface area contributed by atoms with E-state index < -0.39 is 10.0 Å². The van der Waals surface area contributed by atoms with Crippen LogP contribution in [0.1, 0.15) is 5.56 Å². The fourth-order valence-corrected chi connectivity index (χ4v) is 2.63. The molecule has 0 heterocycles. The molecule has 0 unspecified atom stereocenters. The van der Waals surface area contributed by atoms with Gasteiger partial charge >= 0.3 is 0 Å². The van der Waals surface area contributed by atoms with E-state index in [0.29, 0.717) is 5.56 Å². The van der Waals surface area contributed by atoms with Crippen LogP contribution < -0.4 is 4.72 Å². The van der Waals surface area contributed by atoms with Gasteiger partial charge in [-0.2, -0.15) is 5.26 Å². The predicted octanol–water partition coefficient (Wildman–Crippen LogP) is 2.19. The zero-order valence-corrected chi connectivity index (χ0v) is 10.4. The van der Waals surface area contributed by atoms with Crippen molar-refractivity contribution in [3.8, 4) is 6.07 Å². The minimum atomic E-state index is -3.51. The first kappa shape index (κ1) is 13.1. The molecule has 1 aromatic rings. The molecule has 16 heavy (non-hydrogen) atoms. The van der Waals surface area contributed by atoms with Crippen molar-refractivity contribution in [1.82, 2.24) is 0 Å². The molecule has 7 heteroatoms. The third-order valence-electron chi connectivity index (χ3n) is 1.71. The van der Waals surface area contributed by atoms with Gasteiger partial charge in [0.1, 0.15) is 0 Å². The van der Waals surface area contributed by atoms with Gasteiger partial charge in [-0.25, -0.2) is 8.42 Å². The van der Waals surface area contributed by atoms with Gasteiger partial charge in [0.15, 0.2) is 0 Å². The maximum atomic E-state index is 11.4. The van der Waals surface area contributed by atoms with Crippen LogP contribution in [0.2, 0.25) is 5.02 Å². The molecule has 1 aromatic carbocycles. The van der Waals surface area contributed by atoms with Gasteiger partial charge in [0, 0.05) is 5.88 Å². The van der Waals surface area contributed by atoms with Crippen LogP contribution in [0, 0.1) is 11.3 Å². The van der Waals surface area contributed by atoms with E-state index in [9.17, 15) is 8.42 Å². The van der Waals surface area contributed by atoms with Crippen LogP contribution in [0.5, 0.6) is 0 Å². The Labute approximate surface area is 104 Å². The van der Waals surface area contributed by atoms with E-state index >= 15 is 0 Å². The summed E-state index contributed by atoms with van der Waals surface area (Å²) in [7, 11) is -3.51. The van der Waals surface area contributed by atoms with E-state index in [1.54, 1.807) is 0 Å². The lowest BCUT2D eigenvalue weighted by Crippen LogP contribution is -2.17. The van der Waals surface area contributed by atoms with E-state index in [2.05, 4.69) is 4.72 Å². The topological polar surface area (TPSA) is 70.0 Å². The second-order valence-electron chi connectivity index (χ2n) is 2.92. The molecule has 0 radical (unpaired) electrons. The van der Waals surface area contributed by atoms with Crippen molar-refractivity contribution in [2.75, 3.05) is 16.4 Å². The van der Waals surface area contributed by atoms with Crippen LogP contribution in [0.3, 0.4) is 0 Å². The fraction of sp³-hybridized carbons (Fsp3) is 0.222. The molecule has 0 amide bonds. The zero-order chi connectivity index (χ0) is 12.2. The molecule has 0 bridgehead atoms. The molecule has 0 atom stereocenters. The summed E-state index contributed by atoms with van der Waals surface area (Å²) in [5.41, 5.74) is 0.513. The van der Waals surface area contributed by atoms with E-state index in [4.69, 9.17) is 28.5 Å². The van der Waals surface area contributed by atoms with Crippen molar-refractivity contribution in [3.63, 3.8) is 0 Å². The van der Waals surface area contributed by atoms with Gasteiger partial charge in [0.05, 0.1) is 28.1 Å². The predicted molar refractivity (Wildman–Crippen MR) is 64.3 cm³/mol. The van der Waals surface area contributed by atoms with Crippen molar-refractivity contribution in [3.05, 3.63) is 28.8 Å². The summed E-state index contributed by atoms with van der Waals surface area (Å²) in [5.74, 6) is -0.216. The molecule has 0 saturated carbocycles. The normalized spacial score (nSPS) is 10.8. The van der Waals surface area contributed by atoms with Crippen LogP contribution in [0.4, 0.5) is 5.69 Å². The molecule has 4 nitrogen and oxygen atoms in total. The Kier molecular flexibility index (Phi) is 4.42. The second-order valence-corrected chi connectivity index (χ2v) is 5.54. The molecule has 0 aliphatic heterocycles. The first-order chi connectivity index (χ1) is 7.48. The van der Waals surface area contributed by atoms with E-state index in [0.717, 1.165) is 0 Å². The number of nitriles is 1. The third kappa shape index (κ3) is 3.56. The SMILES string of the molecule is N#Cc1ccc(Cl)c(NS(=O)(=O)CCCl)c1. The van der Waals surface area contributed by atoms with Crippen molar-refractivity contribution in [2.45, 2.75) is 0 Å². The Morgan fingerprint density at radius 2 is 2.12 bits per heavy atom. The maximum Gasteiger partial charge on any atom is 0.233 e. The summed E-state index contributed by atoms with van der Waals surface area (Å²) in [6, 6.07) is 6.22. The van der Waals surface area contributed by atoms with Gasteiger partial charge in [0.2, 0.25) is 10.0 Å². The average molecular weight is 279 g/mol. The highest BCUT2D eigenvalue weighted by Crippen LogP contribution is 2.23. The van der Waals surface area contributed by atoms with Gasteiger partial charge in [-0.05, 0) is 18.2 Å². The standard InChI is InChI=1S/C9H8Cl2N2O2S/c10-3-4-16(14,15)13-9-5-7(6-12)1-2-8(9)11/h1-2,5,13H,3-4H2. The fourth-order valence-electron chi connectivity index (χ4n) is 0.993. The number of halogens is 2. The van der Waals surface area contributed by atoms with E-state index in [-0.39, 0.29) is 22.3 Å². The lowest BCUT2D eigenvalue weighted by molar-refractivity contribution is 0.602. The Bertz CT molecular complexity index is 523. The lowest BCUT2D eigenvalue weighted by Gasteiger charge is -2.08. The monoisotopic (exact) mass is 278 g/mol. The molecular formula is C9H8Cl2N2O2S. The van der Waals surface area contributed by atoms with Crippen molar-refractivity contribution in [2.24, 2.45) is 0 Å². The Morgan fingerprint density at radius 3 is 2.69 bits per heavy atom. The minimum absolute atomic E-state index is 0.00903. The molecule has 0 aliphatic carbocycles. The number of alkyl halides is 1. The summed E-state index contributed by atoms with van der Waals surface area (Å²) in [6.45, 7) is 0. The van der Waals surface area contributed by atoms with E-state index in [1.165, 1.54) is 18.2 Å². The van der Waals surface area contributed by atoms with Crippen LogP contribution in [-0.4, -0.2) is 20.1 Å². The summed E-state index contributed by atoms with van der Waals surface area (Å²) in [5, 5.41) is 8.90. The molecule has 0 aromatic heterocycles. The van der Waals surface area contributed by atoms with Crippen LogP contribution >= 0.6 is 23.2 Å². The first-order valence-corrected chi connectivity index (χ1v) is 6.81. The van der Waals surface area contributed by atoms with Crippen molar-refractivity contribution < 1.29 is 8.42 Å². The van der Waals surface area contributed by atoms with Crippen molar-refractivity contribution in [1.29, 1.82) is 5.26 Å². The van der Waals surface area contributed by atoms with Crippen LogP contribution in [0.25, 0.3) is 0 Å². The summed E-state index contributed by atoms with van der Waals surface area (Å²) in [6.07, 6.45) is 0. The summed E-state index contributed by atoms with van der Waals surface area (Å²) in [4.78, 5) is 0. The van der Waals surface area contributed by atoms with Crippen LogP contribution in [0.15, 0.2) is 18.2 Å². The molecule has 1 N–H and O–H groups in total.